The molecule has 4 aromatic rings. The van der Waals surface area contributed by atoms with Crippen LogP contribution >= 0.6 is 0 Å². The molecule has 0 N–H and O–H groups in total. The van der Waals surface area contributed by atoms with Crippen LogP contribution in [0.25, 0.3) is 27.7 Å². The van der Waals surface area contributed by atoms with Crippen molar-refractivity contribution in [3.05, 3.63) is 47.8 Å². The summed E-state index contributed by atoms with van der Waals surface area (Å²) in [6, 6.07) is 5.87. The maximum Gasteiger partial charge on any atom is 0.151 e. The Kier molecular flexibility index (Phi) is 4.35. The monoisotopic (exact) mass is 418 g/mol. The summed E-state index contributed by atoms with van der Waals surface area (Å²) in [6.07, 6.45) is 8.85. The highest BCUT2D eigenvalue weighted by molar-refractivity contribution is 5.84. The van der Waals surface area contributed by atoms with E-state index in [1.54, 1.807) is 6.07 Å². The van der Waals surface area contributed by atoms with E-state index in [1.807, 2.05) is 47.6 Å². The molecule has 6 rings (SSSR count). The van der Waals surface area contributed by atoms with E-state index in [0.29, 0.717) is 11.6 Å². The maximum absolute atomic E-state index is 15.0. The zero-order valence-corrected chi connectivity index (χ0v) is 18.1. The molecule has 4 heterocycles. The molecule has 2 aliphatic rings. The van der Waals surface area contributed by atoms with E-state index in [1.165, 1.54) is 19.4 Å². The number of rotatable bonds is 4. The van der Waals surface area contributed by atoms with Gasteiger partial charge in [0.1, 0.15) is 5.52 Å². The van der Waals surface area contributed by atoms with Crippen molar-refractivity contribution < 1.29 is 4.39 Å². The number of likely N-dealkylation sites (tertiary alicyclic amines) is 1. The molecule has 3 aromatic heterocycles. The predicted octanol–water partition coefficient (Wildman–Crippen LogP) is 4.55. The fraction of sp³-hybridized carbons (Fsp3) is 0.458. The third-order valence-corrected chi connectivity index (χ3v) is 6.78. The van der Waals surface area contributed by atoms with Gasteiger partial charge in [0.2, 0.25) is 0 Å². The van der Waals surface area contributed by atoms with Crippen molar-refractivity contribution >= 4 is 16.4 Å². The highest BCUT2D eigenvalue weighted by Crippen LogP contribution is 2.33. The molecule has 160 valence electrons. The van der Waals surface area contributed by atoms with E-state index in [9.17, 15) is 4.39 Å². The normalized spacial score (nSPS) is 18.4. The lowest BCUT2D eigenvalue weighted by Gasteiger charge is -2.32. The number of hydrogen-bond acceptors (Lipinski definition) is 4. The average molecular weight is 419 g/mol. The van der Waals surface area contributed by atoms with E-state index >= 15 is 0 Å². The van der Waals surface area contributed by atoms with Crippen molar-refractivity contribution in [2.24, 2.45) is 5.92 Å². The lowest BCUT2D eigenvalue weighted by molar-refractivity contribution is 0.174. The van der Waals surface area contributed by atoms with Crippen LogP contribution in [0.3, 0.4) is 0 Å². The molecule has 2 fully saturated rings. The third-order valence-electron chi connectivity index (χ3n) is 6.78. The molecule has 1 aromatic carbocycles. The van der Waals surface area contributed by atoms with E-state index in [2.05, 4.69) is 20.1 Å². The number of benzene rings is 1. The van der Waals surface area contributed by atoms with Gasteiger partial charge in [0.15, 0.2) is 5.82 Å². The summed E-state index contributed by atoms with van der Waals surface area (Å²) in [5.41, 5.74) is 4.73. The van der Waals surface area contributed by atoms with Crippen molar-refractivity contribution in [1.82, 2.24) is 29.3 Å². The highest BCUT2D eigenvalue weighted by Gasteiger charge is 2.28. The Morgan fingerprint density at radius 2 is 1.81 bits per heavy atom. The van der Waals surface area contributed by atoms with E-state index < -0.39 is 0 Å². The molecule has 31 heavy (non-hydrogen) atoms. The van der Waals surface area contributed by atoms with Gasteiger partial charge in [-0.3, -0.25) is 9.67 Å². The minimum absolute atomic E-state index is 0.291. The number of piperidine rings is 1. The molecule has 0 amide bonds. The Morgan fingerprint density at radius 1 is 1.00 bits per heavy atom. The Balaban J connectivity index is 1.30. The van der Waals surface area contributed by atoms with Gasteiger partial charge < -0.3 is 4.90 Å². The van der Waals surface area contributed by atoms with Crippen LogP contribution in [0, 0.1) is 25.6 Å². The smallest absolute Gasteiger partial charge is 0.151 e. The van der Waals surface area contributed by atoms with Crippen LogP contribution in [0.5, 0.6) is 0 Å². The summed E-state index contributed by atoms with van der Waals surface area (Å²) >= 11 is 0. The fourth-order valence-corrected chi connectivity index (χ4v) is 4.91. The van der Waals surface area contributed by atoms with Gasteiger partial charge in [0, 0.05) is 36.8 Å². The van der Waals surface area contributed by atoms with Crippen LogP contribution in [0.2, 0.25) is 0 Å². The predicted molar refractivity (Wildman–Crippen MR) is 119 cm³/mol. The maximum atomic E-state index is 15.0. The number of halogens is 1. The SMILES string of the molecule is Cc1cn2nc(-c3cc(F)c4nn(C5CCN(CC6CC6)CC5)cc4c3)cc2c(C)n1. The van der Waals surface area contributed by atoms with Crippen LogP contribution < -0.4 is 0 Å². The number of aromatic nitrogens is 5. The van der Waals surface area contributed by atoms with Crippen molar-refractivity contribution in [3.8, 4) is 11.3 Å². The first-order valence-electron chi connectivity index (χ1n) is 11.3. The van der Waals surface area contributed by atoms with Gasteiger partial charge in [0.05, 0.1) is 34.8 Å². The van der Waals surface area contributed by atoms with Gasteiger partial charge >= 0.3 is 0 Å². The molecule has 0 radical (unpaired) electrons. The molecule has 0 atom stereocenters. The average Bonchev–Trinajstić information content (AvgIpc) is 3.27. The first-order chi connectivity index (χ1) is 15.0. The van der Waals surface area contributed by atoms with Crippen LogP contribution in [-0.4, -0.2) is 48.9 Å². The van der Waals surface area contributed by atoms with Gasteiger partial charge in [-0.1, -0.05) is 0 Å². The zero-order chi connectivity index (χ0) is 21.1. The quantitative estimate of drug-likeness (QED) is 0.488. The summed E-state index contributed by atoms with van der Waals surface area (Å²) in [4.78, 5) is 7.09. The van der Waals surface area contributed by atoms with Crippen molar-refractivity contribution in [3.63, 3.8) is 0 Å². The van der Waals surface area contributed by atoms with Gasteiger partial charge in [-0.05, 0) is 63.6 Å². The van der Waals surface area contributed by atoms with Crippen molar-refractivity contribution in [1.29, 1.82) is 0 Å². The minimum atomic E-state index is -0.291. The lowest BCUT2D eigenvalue weighted by atomic mass is 10.0. The third kappa shape index (κ3) is 3.51. The molecule has 7 heteroatoms. The second-order valence-electron chi connectivity index (χ2n) is 9.31. The summed E-state index contributed by atoms with van der Waals surface area (Å²) in [5, 5.41) is 10.1. The summed E-state index contributed by atoms with van der Waals surface area (Å²) in [6.45, 7) is 7.39. The zero-order valence-electron chi connectivity index (χ0n) is 18.1. The molecular weight excluding hydrogens is 391 g/mol. The Labute approximate surface area is 180 Å². The number of nitrogens with zero attached hydrogens (tertiary/aromatic N) is 6. The van der Waals surface area contributed by atoms with Crippen LogP contribution in [0.1, 0.15) is 43.1 Å². The number of hydrogen-bond donors (Lipinski definition) is 0. The molecule has 1 aliphatic carbocycles. The van der Waals surface area contributed by atoms with E-state index in [-0.39, 0.29) is 5.82 Å². The molecule has 1 aliphatic heterocycles. The number of aryl methyl sites for hydroxylation is 2. The van der Waals surface area contributed by atoms with E-state index in [0.717, 1.165) is 65.4 Å². The van der Waals surface area contributed by atoms with Crippen molar-refractivity contribution in [2.75, 3.05) is 19.6 Å². The fourth-order valence-electron chi connectivity index (χ4n) is 4.91. The Bertz CT molecular complexity index is 1280. The van der Waals surface area contributed by atoms with Gasteiger partial charge in [-0.25, -0.2) is 8.91 Å². The standard InChI is InChI=1S/C24H27FN6/c1-15-12-31-23(16(2)26-15)11-22(27-31)18-9-19-14-30(28-24(19)21(25)10-18)20-5-7-29(8-6-20)13-17-3-4-17/h9-12,14,17,20H,3-8,13H2,1-2H3. The molecule has 0 unspecified atom stereocenters. The van der Waals surface area contributed by atoms with Crippen LogP contribution in [0.15, 0.2) is 30.6 Å². The first-order valence-corrected chi connectivity index (χ1v) is 11.3. The van der Waals surface area contributed by atoms with Gasteiger partial charge in [-0.2, -0.15) is 10.2 Å². The molecule has 0 bridgehead atoms. The molecule has 1 saturated carbocycles. The van der Waals surface area contributed by atoms with Crippen LogP contribution in [-0.2, 0) is 0 Å². The van der Waals surface area contributed by atoms with Gasteiger partial charge in [-0.15, -0.1) is 0 Å². The Hall–Kier alpha value is -2.80. The van der Waals surface area contributed by atoms with E-state index in [4.69, 9.17) is 0 Å². The first kappa shape index (κ1) is 18.9. The molecule has 1 saturated heterocycles. The highest BCUT2D eigenvalue weighted by atomic mass is 19.1. The van der Waals surface area contributed by atoms with Gasteiger partial charge in [0.25, 0.3) is 0 Å². The van der Waals surface area contributed by atoms with Crippen LogP contribution in [0.4, 0.5) is 4.39 Å². The second kappa shape index (κ2) is 7.12. The molecule has 0 spiro atoms. The van der Waals surface area contributed by atoms with Crippen molar-refractivity contribution in [2.45, 2.75) is 45.6 Å². The minimum Gasteiger partial charge on any atom is -0.303 e. The number of fused-ring (bicyclic) bond motifs is 2. The molecular formula is C24H27FN6. The summed E-state index contributed by atoms with van der Waals surface area (Å²) in [7, 11) is 0. The summed E-state index contributed by atoms with van der Waals surface area (Å²) < 4.78 is 18.8. The lowest BCUT2D eigenvalue weighted by Crippen LogP contribution is -2.36. The molecule has 6 nitrogen and oxygen atoms in total. The Morgan fingerprint density at radius 3 is 2.58 bits per heavy atom. The summed E-state index contributed by atoms with van der Waals surface area (Å²) in [5.74, 6) is 0.639. The topological polar surface area (TPSA) is 51.3 Å². The largest absolute Gasteiger partial charge is 0.303 e. The second-order valence-corrected chi connectivity index (χ2v) is 9.31.